The van der Waals surface area contributed by atoms with Crippen LogP contribution in [0.4, 0.5) is 5.95 Å². The Bertz CT molecular complexity index is 613. The Labute approximate surface area is 122 Å². The van der Waals surface area contributed by atoms with E-state index in [4.69, 9.17) is 5.73 Å². The van der Waals surface area contributed by atoms with Crippen molar-refractivity contribution in [3.8, 4) is 11.3 Å². The molecule has 1 aromatic heterocycles. The van der Waals surface area contributed by atoms with Crippen molar-refractivity contribution >= 4 is 39.3 Å². The maximum absolute atomic E-state index is 11.3. The number of aryl methyl sites for hydroxylation is 1. The van der Waals surface area contributed by atoms with E-state index in [0.29, 0.717) is 0 Å². The highest BCUT2D eigenvalue weighted by atomic mass is 127. The highest BCUT2D eigenvalue weighted by molar-refractivity contribution is 14.1. The van der Waals surface area contributed by atoms with Crippen molar-refractivity contribution in [1.29, 1.82) is 0 Å². The third kappa shape index (κ3) is 2.69. The average molecular weight is 373 g/mol. The van der Waals surface area contributed by atoms with Gasteiger partial charge >= 0.3 is 0 Å². The van der Waals surface area contributed by atoms with Crippen molar-refractivity contribution in [2.24, 2.45) is 0 Å². The first-order valence-electron chi connectivity index (χ1n) is 5.22. The van der Waals surface area contributed by atoms with Crippen LogP contribution >= 0.6 is 22.6 Å². The first-order valence-corrected chi connectivity index (χ1v) is 7.86. The molecule has 0 saturated heterocycles. The Hall–Kier alpha value is -1.02. The molecule has 0 saturated carbocycles. The van der Waals surface area contributed by atoms with Crippen LogP contribution in [-0.4, -0.2) is 20.4 Å². The van der Waals surface area contributed by atoms with E-state index in [1.807, 2.05) is 31.2 Å². The number of benzene rings is 1. The maximum atomic E-state index is 11.3. The third-order valence-electron chi connectivity index (χ3n) is 2.49. The zero-order valence-electron chi connectivity index (χ0n) is 9.98. The van der Waals surface area contributed by atoms with Crippen molar-refractivity contribution < 1.29 is 4.21 Å². The van der Waals surface area contributed by atoms with Gasteiger partial charge in [-0.25, -0.2) is 9.97 Å². The number of nitrogens with two attached hydrogens (primary N) is 1. The Morgan fingerprint density at radius 3 is 2.39 bits per heavy atom. The van der Waals surface area contributed by atoms with Crippen LogP contribution in [0, 0.1) is 10.5 Å². The molecule has 2 aromatic rings. The number of nitrogens with zero attached hydrogens (tertiary/aromatic N) is 2. The van der Waals surface area contributed by atoms with Gasteiger partial charge in [0.1, 0.15) is 0 Å². The summed E-state index contributed by atoms with van der Waals surface area (Å²) in [5, 5.41) is 0. The molecule has 0 aliphatic heterocycles. The molecule has 0 fully saturated rings. The fraction of sp³-hybridized carbons (Fsp3) is 0.167. The molecule has 0 bridgehead atoms. The van der Waals surface area contributed by atoms with Gasteiger partial charge in [-0.1, -0.05) is 12.1 Å². The molecule has 0 aliphatic carbocycles. The minimum absolute atomic E-state index is 0.270. The minimum atomic E-state index is -0.967. The van der Waals surface area contributed by atoms with Gasteiger partial charge in [0.2, 0.25) is 5.95 Å². The summed E-state index contributed by atoms with van der Waals surface area (Å²) >= 11 is 2.21. The average Bonchev–Trinajstić information content (AvgIpc) is 2.34. The standard InChI is InChI=1S/C12H12IN3OS/c1-7-10(13)11(16-12(14)15-7)8-3-5-9(6-4-8)18(2)17/h3-6H,1-2H3,(H2,14,15,16). The number of rotatable bonds is 2. The molecule has 1 atom stereocenters. The first-order chi connectivity index (χ1) is 8.49. The summed E-state index contributed by atoms with van der Waals surface area (Å²) in [6.07, 6.45) is 1.66. The normalized spacial score (nSPS) is 12.4. The van der Waals surface area contributed by atoms with E-state index < -0.39 is 10.8 Å². The van der Waals surface area contributed by atoms with Crippen LogP contribution in [0.25, 0.3) is 11.3 Å². The SMILES string of the molecule is Cc1nc(N)nc(-c2ccc(S(C)=O)cc2)c1I. The van der Waals surface area contributed by atoms with Crippen LogP contribution in [0.1, 0.15) is 5.69 Å². The molecule has 2 N–H and O–H groups in total. The number of anilines is 1. The van der Waals surface area contributed by atoms with Gasteiger partial charge < -0.3 is 5.73 Å². The molecule has 1 heterocycles. The Morgan fingerprint density at radius 2 is 1.83 bits per heavy atom. The lowest BCUT2D eigenvalue weighted by Gasteiger charge is -2.07. The minimum Gasteiger partial charge on any atom is -0.368 e. The summed E-state index contributed by atoms with van der Waals surface area (Å²) in [6.45, 7) is 1.90. The quantitative estimate of drug-likeness (QED) is 0.821. The van der Waals surface area contributed by atoms with Gasteiger partial charge in [-0.3, -0.25) is 4.21 Å². The first kappa shape index (κ1) is 13.4. The number of nitrogen functional groups attached to an aromatic ring is 1. The van der Waals surface area contributed by atoms with Gasteiger partial charge in [0, 0.05) is 27.5 Å². The van der Waals surface area contributed by atoms with Gasteiger partial charge in [0.05, 0.1) is 15.0 Å². The predicted molar refractivity (Wildman–Crippen MR) is 81.7 cm³/mol. The Balaban J connectivity index is 2.52. The molecule has 0 spiro atoms. The topological polar surface area (TPSA) is 68.9 Å². The second-order valence-electron chi connectivity index (χ2n) is 3.81. The smallest absolute Gasteiger partial charge is 0.220 e. The van der Waals surface area contributed by atoms with Gasteiger partial charge in [-0.15, -0.1) is 0 Å². The highest BCUT2D eigenvalue weighted by Crippen LogP contribution is 2.26. The van der Waals surface area contributed by atoms with Crippen molar-refractivity contribution in [1.82, 2.24) is 9.97 Å². The number of halogens is 1. The van der Waals surface area contributed by atoms with E-state index in [2.05, 4.69) is 32.6 Å². The molecule has 4 nitrogen and oxygen atoms in total. The van der Waals surface area contributed by atoms with E-state index in [1.165, 1.54) is 0 Å². The molecule has 18 heavy (non-hydrogen) atoms. The fourth-order valence-corrected chi connectivity index (χ4v) is 2.65. The maximum Gasteiger partial charge on any atom is 0.220 e. The summed E-state index contributed by atoms with van der Waals surface area (Å²) in [6, 6.07) is 7.49. The second-order valence-corrected chi connectivity index (χ2v) is 6.27. The lowest BCUT2D eigenvalue weighted by Crippen LogP contribution is -2.02. The van der Waals surface area contributed by atoms with Crippen LogP contribution in [-0.2, 0) is 10.8 Å². The van der Waals surface area contributed by atoms with Gasteiger partial charge in [0.15, 0.2) is 0 Å². The van der Waals surface area contributed by atoms with Crippen LogP contribution in [0.2, 0.25) is 0 Å². The second kappa shape index (κ2) is 5.31. The van der Waals surface area contributed by atoms with Gasteiger partial charge in [-0.05, 0) is 41.6 Å². The van der Waals surface area contributed by atoms with Crippen molar-refractivity contribution in [2.75, 3.05) is 12.0 Å². The summed E-state index contributed by atoms with van der Waals surface area (Å²) < 4.78 is 12.3. The Morgan fingerprint density at radius 1 is 1.22 bits per heavy atom. The van der Waals surface area contributed by atoms with E-state index in [-0.39, 0.29) is 5.95 Å². The van der Waals surface area contributed by atoms with E-state index in [0.717, 1.165) is 25.4 Å². The van der Waals surface area contributed by atoms with Crippen molar-refractivity contribution in [2.45, 2.75) is 11.8 Å². The van der Waals surface area contributed by atoms with Crippen LogP contribution in [0.5, 0.6) is 0 Å². The molecule has 0 radical (unpaired) electrons. The molecule has 2 rings (SSSR count). The van der Waals surface area contributed by atoms with Gasteiger partial charge in [-0.2, -0.15) is 0 Å². The van der Waals surface area contributed by atoms with Crippen LogP contribution in [0.3, 0.4) is 0 Å². The molecule has 0 aliphatic rings. The lowest BCUT2D eigenvalue weighted by molar-refractivity contribution is 0.687. The molecule has 1 unspecified atom stereocenters. The highest BCUT2D eigenvalue weighted by Gasteiger charge is 2.10. The monoisotopic (exact) mass is 373 g/mol. The zero-order valence-corrected chi connectivity index (χ0v) is 12.9. The van der Waals surface area contributed by atoms with E-state index in [9.17, 15) is 4.21 Å². The van der Waals surface area contributed by atoms with Crippen LogP contribution < -0.4 is 5.73 Å². The van der Waals surface area contributed by atoms with Gasteiger partial charge in [0.25, 0.3) is 0 Å². The lowest BCUT2D eigenvalue weighted by atomic mass is 10.1. The summed E-state index contributed by atoms with van der Waals surface area (Å²) in [4.78, 5) is 9.18. The third-order valence-corrected chi connectivity index (χ3v) is 4.72. The summed E-state index contributed by atoms with van der Waals surface area (Å²) in [7, 11) is -0.967. The molecule has 1 aromatic carbocycles. The molecule has 0 amide bonds. The molecule has 94 valence electrons. The van der Waals surface area contributed by atoms with Crippen LogP contribution in [0.15, 0.2) is 29.2 Å². The molecular formula is C12H12IN3OS. The summed E-state index contributed by atoms with van der Waals surface area (Å²) in [5.74, 6) is 0.270. The predicted octanol–water partition coefficient (Wildman–Crippen LogP) is 2.38. The zero-order chi connectivity index (χ0) is 13.3. The molecule has 6 heteroatoms. The fourth-order valence-electron chi connectivity index (χ4n) is 1.58. The Kier molecular flexibility index (Phi) is 3.96. The van der Waals surface area contributed by atoms with E-state index in [1.54, 1.807) is 6.26 Å². The van der Waals surface area contributed by atoms with Crippen molar-refractivity contribution in [3.05, 3.63) is 33.5 Å². The van der Waals surface area contributed by atoms with E-state index >= 15 is 0 Å². The largest absolute Gasteiger partial charge is 0.368 e. The van der Waals surface area contributed by atoms with Crippen molar-refractivity contribution in [3.63, 3.8) is 0 Å². The number of aromatic nitrogens is 2. The summed E-state index contributed by atoms with van der Waals surface area (Å²) in [5.41, 5.74) is 8.30. The molecular weight excluding hydrogens is 361 g/mol. The number of hydrogen-bond donors (Lipinski definition) is 1. The number of hydrogen-bond acceptors (Lipinski definition) is 4.